The summed E-state index contributed by atoms with van der Waals surface area (Å²) in [5.74, 6) is -0.0893. The molecule has 1 fully saturated rings. The zero-order chi connectivity index (χ0) is 12.4. The van der Waals surface area contributed by atoms with E-state index in [0.717, 1.165) is 19.4 Å². The van der Waals surface area contributed by atoms with Gasteiger partial charge in [0.15, 0.2) is 5.69 Å². The highest BCUT2D eigenvalue weighted by atomic mass is 16.5. The SMILES string of the molecule is O=C(c1ccon1)N1CCC[C@@H](n2cncn2)C1. The van der Waals surface area contributed by atoms with Crippen LogP contribution in [0.25, 0.3) is 0 Å². The number of nitrogens with zero attached hydrogens (tertiary/aromatic N) is 5. The Morgan fingerprint density at radius 2 is 2.44 bits per heavy atom. The quantitative estimate of drug-likeness (QED) is 0.782. The van der Waals surface area contributed by atoms with E-state index in [9.17, 15) is 4.79 Å². The summed E-state index contributed by atoms with van der Waals surface area (Å²) in [5, 5.41) is 7.81. The van der Waals surface area contributed by atoms with Crippen LogP contribution in [0, 0.1) is 0 Å². The van der Waals surface area contributed by atoms with E-state index >= 15 is 0 Å². The lowest BCUT2D eigenvalue weighted by atomic mass is 10.1. The van der Waals surface area contributed by atoms with Gasteiger partial charge in [-0.15, -0.1) is 0 Å². The van der Waals surface area contributed by atoms with Gasteiger partial charge in [0, 0.05) is 19.2 Å². The first kappa shape index (κ1) is 10.9. The van der Waals surface area contributed by atoms with Crippen LogP contribution in [-0.4, -0.2) is 43.8 Å². The molecule has 0 unspecified atom stereocenters. The minimum Gasteiger partial charge on any atom is -0.364 e. The second kappa shape index (κ2) is 4.59. The first-order valence-corrected chi connectivity index (χ1v) is 5.88. The van der Waals surface area contributed by atoms with Gasteiger partial charge in [-0.2, -0.15) is 5.10 Å². The molecule has 1 atom stereocenters. The maximum Gasteiger partial charge on any atom is 0.276 e. The predicted molar refractivity (Wildman–Crippen MR) is 60.7 cm³/mol. The number of aromatic nitrogens is 4. The van der Waals surface area contributed by atoms with Crippen molar-refractivity contribution in [2.45, 2.75) is 18.9 Å². The number of amides is 1. The van der Waals surface area contributed by atoms with E-state index in [1.165, 1.54) is 12.6 Å². The van der Waals surface area contributed by atoms with E-state index in [2.05, 4.69) is 15.2 Å². The Hall–Kier alpha value is -2.18. The molecule has 7 nitrogen and oxygen atoms in total. The van der Waals surface area contributed by atoms with E-state index < -0.39 is 0 Å². The molecule has 0 radical (unpaired) electrons. The van der Waals surface area contributed by atoms with Crippen molar-refractivity contribution in [2.75, 3.05) is 13.1 Å². The Labute approximate surface area is 103 Å². The van der Waals surface area contributed by atoms with Crippen LogP contribution in [0.4, 0.5) is 0 Å². The highest BCUT2D eigenvalue weighted by molar-refractivity contribution is 5.92. The molecule has 1 aliphatic heterocycles. The lowest BCUT2D eigenvalue weighted by molar-refractivity contribution is 0.0662. The molecule has 0 saturated carbocycles. The molecule has 7 heteroatoms. The van der Waals surface area contributed by atoms with Gasteiger partial charge in [-0.05, 0) is 12.8 Å². The maximum absolute atomic E-state index is 12.1. The van der Waals surface area contributed by atoms with Crippen LogP contribution in [-0.2, 0) is 0 Å². The number of piperidine rings is 1. The minimum atomic E-state index is -0.0893. The topological polar surface area (TPSA) is 77.0 Å². The summed E-state index contributed by atoms with van der Waals surface area (Å²) in [6, 6.07) is 1.78. The Kier molecular flexibility index (Phi) is 2.79. The Morgan fingerprint density at radius 3 is 3.17 bits per heavy atom. The van der Waals surface area contributed by atoms with Gasteiger partial charge in [-0.25, -0.2) is 9.67 Å². The molecule has 0 spiro atoms. The third-order valence-electron chi connectivity index (χ3n) is 3.15. The molecule has 0 N–H and O–H groups in total. The van der Waals surface area contributed by atoms with Gasteiger partial charge in [0.2, 0.25) is 0 Å². The van der Waals surface area contributed by atoms with Crippen LogP contribution in [0.15, 0.2) is 29.5 Å². The summed E-state index contributed by atoms with van der Waals surface area (Å²) >= 11 is 0. The van der Waals surface area contributed by atoms with Gasteiger partial charge in [0.05, 0.1) is 6.04 Å². The zero-order valence-electron chi connectivity index (χ0n) is 9.77. The fraction of sp³-hybridized carbons (Fsp3) is 0.455. The van der Waals surface area contributed by atoms with Crippen LogP contribution < -0.4 is 0 Å². The van der Waals surface area contributed by atoms with Gasteiger partial charge in [0.25, 0.3) is 5.91 Å². The molecule has 2 aromatic rings. The van der Waals surface area contributed by atoms with Crippen molar-refractivity contribution >= 4 is 5.91 Å². The third kappa shape index (κ3) is 1.99. The molecule has 1 saturated heterocycles. The largest absolute Gasteiger partial charge is 0.364 e. The average Bonchev–Trinajstić information content (AvgIpc) is 3.11. The lowest BCUT2D eigenvalue weighted by Gasteiger charge is -2.32. The molecule has 0 bridgehead atoms. The second-order valence-electron chi connectivity index (χ2n) is 4.31. The van der Waals surface area contributed by atoms with Gasteiger partial charge in [-0.1, -0.05) is 5.16 Å². The standard InChI is InChI=1S/C11H13N5O2/c17-11(10-3-5-18-14-10)15-4-1-2-9(6-15)16-8-12-7-13-16/h3,5,7-9H,1-2,4,6H2/t9-/m1/s1. The van der Waals surface area contributed by atoms with Crippen molar-refractivity contribution in [1.82, 2.24) is 24.8 Å². The maximum atomic E-state index is 12.1. The predicted octanol–water partition coefficient (Wildman–Crippen LogP) is 0.743. The summed E-state index contributed by atoms with van der Waals surface area (Å²) in [4.78, 5) is 17.9. The van der Waals surface area contributed by atoms with Gasteiger partial charge < -0.3 is 9.42 Å². The Bertz CT molecular complexity index is 508. The minimum absolute atomic E-state index is 0.0893. The molecule has 1 aliphatic rings. The summed E-state index contributed by atoms with van der Waals surface area (Å²) in [6.45, 7) is 1.38. The molecule has 3 rings (SSSR count). The van der Waals surface area contributed by atoms with Crippen molar-refractivity contribution in [2.24, 2.45) is 0 Å². The third-order valence-corrected chi connectivity index (χ3v) is 3.15. The Morgan fingerprint density at radius 1 is 1.50 bits per heavy atom. The van der Waals surface area contributed by atoms with E-state index in [4.69, 9.17) is 4.52 Å². The van der Waals surface area contributed by atoms with Crippen molar-refractivity contribution in [3.63, 3.8) is 0 Å². The van der Waals surface area contributed by atoms with Crippen molar-refractivity contribution in [3.8, 4) is 0 Å². The fourth-order valence-electron chi connectivity index (χ4n) is 2.25. The van der Waals surface area contributed by atoms with E-state index in [1.54, 1.807) is 17.3 Å². The molecule has 0 aromatic carbocycles. The number of likely N-dealkylation sites (tertiary alicyclic amines) is 1. The number of hydrogen-bond acceptors (Lipinski definition) is 5. The molecular weight excluding hydrogens is 234 g/mol. The van der Waals surface area contributed by atoms with Crippen LogP contribution in [0.2, 0.25) is 0 Å². The van der Waals surface area contributed by atoms with Crippen molar-refractivity contribution in [3.05, 3.63) is 30.7 Å². The number of carbonyl (C=O) groups is 1. The molecule has 94 valence electrons. The normalized spacial score (nSPS) is 20.0. The summed E-state index contributed by atoms with van der Waals surface area (Å²) < 4.78 is 6.51. The average molecular weight is 247 g/mol. The highest BCUT2D eigenvalue weighted by Gasteiger charge is 2.26. The van der Waals surface area contributed by atoms with E-state index in [0.29, 0.717) is 12.2 Å². The van der Waals surface area contributed by atoms with E-state index in [1.807, 2.05) is 4.68 Å². The fourth-order valence-corrected chi connectivity index (χ4v) is 2.25. The summed E-state index contributed by atoms with van der Waals surface area (Å²) in [7, 11) is 0. The molecule has 18 heavy (non-hydrogen) atoms. The van der Waals surface area contributed by atoms with Gasteiger partial charge in [-0.3, -0.25) is 4.79 Å². The zero-order valence-corrected chi connectivity index (χ0v) is 9.77. The molecule has 0 aliphatic carbocycles. The number of rotatable bonds is 2. The van der Waals surface area contributed by atoms with Crippen molar-refractivity contribution in [1.29, 1.82) is 0 Å². The lowest BCUT2D eigenvalue weighted by Crippen LogP contribution is -2.41. The van der Waals surface area contributed by atoms with Crippen LogP contribution >= 0.6 is 0 Å². The first-order chi connectivity index (χ1) is 8.84. The van der Waals surface area contributed by atoms with Crippen molar-refractivity contribution < 1.29 is 9.32 Å². The second-order valence-corrected chi connectivity index (χ2v) is 4.31. The van der Waals surface area contributed by atoms with Gasteiger partial charge in [0.1, 0.15) is 18.9 Å². The van der Waals surface area contributed by atoms with E-state index in [-0.39, 0.29) is 11.9 Å². The highest BCUT2D eigenvalue weighted by Crippen LogP contribution is 2.21. The molecule has 1 amide bonds. The first-order valence-electron chi connectivity index (χ1n) is 5.88. The van der Waals surface area contributed by atoms with Gasteiger partial charge >= 0.3 is 0 Å². The molecule has 3 heterocycles. The Balaban J connectivity index is 1.73. The van der Waals surface area contributed by atoms with Crippen LogP contribution in [0.1, 0.15) is 29.4 Å². The summed E-state index contributed by atoms with van der Waals surface area (Å²) in [5.41, 5.74) is 0.356. The molecule has 2 aromatic heterocycles. The molecular formula is C11H13N5O2. The smallest absolute Gasteiger partial charge is 0.276 e. The number of carbonyl (C=O) groups excluding carboxylic acids is 1. The number of hydrogen-bond donors (Lipinski definition) is 0. The van der Waals surface area contributed by atoms with Crippen LogP contribution in [0.3, 0.4) is 0 Å². The summed E-state index contributed by atoms with van der Waals surface area (Å²) in [6.07, 6.45) is 6.57. The monoisotopic (exact) mass is 247 g/mol. The van der Waals surface area contributed by atoms with Crippen LogP contribution in [0.5, 0.6) is 0 Å².